The predicted octanol–water partition coefficient (Wildman–Crippen LogP) is 3.84. The van der Waals surface area contributed by atoms with Crippen molar-refractivity contribution in [1.29, 1.82) is 0 Å². The minimum Gasteiger partial charge on any atom is -0.493 e. The first-order valence-electron chi connectivity index (χ1n) is 5.67. The first-order chi connectivity index (χ1) is 9.21. The van der Waals surface area contributed by atoms with Crippen LogP contribution in [0.3, 0.4) is 0 Å². The summed E-state index contributed by atoms with van der Waals surface area (Å²) in [6.07, 6.45) is 0.735. The van der Waals surface area contributed by atoms with Crippen LogP contribution < -0.4 is 9.47 Å². The molecule has 3 nitrogen and oxygen atoms in total. The summed E-state index contributed by atoms with van der Waals surface area (Å²) in [5, 5.41) is 0.431. The summed E-state index contributed by atoms with van der Waals surface area (Å²) in [4.78, 5) is 10.9. The molecule has 2 rings (SSSR count). The number of hydrogen-bond donors (Lipinski definition) is 0. The maximum Gasteiger partial charge on any atom is 0.168 e. The first kappa shape index (κ1) is 13.4. The Kier molecular flexibility index (Phi) is 4.07. The average Bonchev–Trinajstić information content (AvgIpc) is 2.46. The SMILES string of the molecule is COc1cccc(-c2ccc(Cl)c(C=O)c2)c1OC. The van der Waals surface area contributed by atoms with E-state index in [0.29, 0.717) is 22.1 Å². The van der Waals surface area contributed by atoms with Gasteiger partial charge in [0.2, 0.25) is 0 Å². The molecule has 0 bridgehead atoms. The number of carbonyl (C=O) groups is 1. The topological polar surface area (TPSA) is 35.5 Å². The molecule has 0 atom stereocenters. The molecule has 0 radical (unpaired) electrons. The Bertz CT molecular complexity index is 608. The second-order valence-corrected chi connectivity index (χ2v) is 4.30. The minimum atomic E-state index is 0.431. The quantitative estimate of drug-likeness (QED) is 0.796. The monoisotopic (exact) mass is 276 g/mol. The van der Waals surface area contributed by atoms with Crippen LogP contribution in [0.4, 0.5) is 0 Å². The fourth-order valence-corrected chi connectivity index (χ4v) is 2.08. The number of methoxy groups -OCH3 is 2. The number of para-hydroxylation sites is 1. The van der Waals surface area contributed by atoms with Gasteiger partial charge in [0.05, 0.1) is 19.2 Å². The Labute approximate surface area is 116 Å². The van der Waals surface area contributed by atoms with Crippen LogP contribution in [-0.4, -0.2) is 20.5 Å². The number of rotatable bonds is 4. The number of ether oxygens (including phenoxy) is 2. The van der Waals surface area contributed by atoms with Gasteiger partial charge in [-0.2, -0.15) is 0 Å². The van der Waals surface area contributed by atoms with Gasteiger partial charge in [-0.25, -0.2) is 0 Å². The van der Waals surface area contributed by atoms with Crippen molar-refractivity contribution in [3.05, 3.63) is 47.0 Å². The molecule has 19 heavy (non-hydrogen) atoms. The zero-order valence-corrected chi connectivity index (χ0v) is 11.4. The Hall–Kier alpha value is -2.00. The first-order valence-corrected chi connectivity index (χ1v) is 6.05. The number of halogens is 1. The molecule has 0 aliphatic rings. The van der Waals surface area contributed by atoms with Crippen LogP contribution in [0.25, 0.3) is 11.1 Å². The van der Waals surface area contributed by atoms with Crippen LogP contribution in [0.15, 0.2) is 36.4 Å². The third kappa shape index (κ3) is 2.56. The summed E-state index contributed by atoms with van der Waals surface area (Å²) in [7, 11) is 3.16. The lowest BCUT2D eigenvalue weighted by Crippen LogP contribution is -1.93. The largest absolute Gasteiger partial charge is 0.493 e. The number of aldehydes is 1. The lowest BCUT2D eigenvalue weighted by molar-refractivity contribution is 0.112. The molecular formula is C15H13ClO3. The summed E-state index contributed by atoms with van der Waals surface area (Å²) in [6.45, 7) is 0. The van der Waals surface area contributed by atoms with E-state index in [1.807, 2.05) is 24.3 Å². The molecule has 0 saturated heterocycles. The normalized spacial score (nSPS) is 10.1. The van der Waals surface area contributed by atoms with Crippen molar-refractivity contribution in [3.8, 4) is 22.6 Å². The highest BCUT2D eigenvalue weighted by atomic mass is 35.5. The van der Waals surface area contributed by atoms with Crippen LogP contribution in [-0.2, 0) is 0 Å². The average molecular weight is 277 g/mol. The van der Waals surface area contributed by atoms with Crippen molar-refractivity contribution >= 4 is 17.9 Å². The maximum absolute atomic E-state index is 10.9. The second kappa shape index (κ2) is 5.76. The zero-order chi connectivity index (χ0) is 13.8. The fourth-order valence-electron chi connectivity index (χ4n) is 1.92. The van der Waals surface area contributed by atoms with Gasteiger partial charge in [0, 0.05) is 11.1 Å². The van der Waals surface area contributed by atoms with E-state index in [2.05, 4.69) is 0 Å². The molecule has 2 aromatic carbocycles. The number of benzene rings is 2. The van der Waals surface area contributed by atoms with Crippen molar-refractivity contribution in [2.24, 2.45) is 0 Å². The summed E-state index contributed by atoms with van der Waals surface area (Å²) in [6, 6.07) is 10.8. The summed E-state index contributed by atoms with van der Waals surface area (Å²) in [5.41, 5.74) is 2.15. The second-order valence-electron chi connectivity index (χ2n) is 3.90. The Morgan fingerprint density at radius 1 is 1.11 bits per heavy atom. The zero-order valence-electron chi connectivity index (χ0n) is 10.6. The van der Waals surface area contributed by atoms with Crippen molar-refractivity contribution in [3.63, 3.8) is 0 Å². The van der Waals surface area contributed by atoms with Gasteiger partial charge in [-0.15, -0.1) is 0 Å². The molecule has 0 amide bonds. The minimum absolute atomic E-state index is 0.431. The van der Waals surface area contributed by atoms with E-state index in [4.69, 9.17) is 21.1 Å². The van der Waals surface area contributed by atoms with Gasteiger partial charge in [0.25, 0.3) is 0 Å². The van der Waals surface area contributed by atoms with Gasteiger partial charge < -0.3 is 9.47 Å². The molecule has 0 aliphatic carbocycles. The van der Waals surface area contributed by atoms with Gasteiger partial charge in [-0.3, -0.25) is 4.79 Å². The van der Waals surface area contributed by atoms with Gasteiger partial charge in [-0.05, 0) is 23.8 Å². The van der Waals surface area contributed by atoms with Crippen LogP contribution in [0.2, 0.25) is 5.02 Å². The molecule has 0 spiro atoms. The van der Waals surface area contributed by atoms with Crippen LogP contribution in [0, 0.1) is 0 Å². The fraction of sp³-hybridized carbons (Fsp3) is 0.133. The third-order valence-electron chi connectivity index (χ3n) is 2.84. The van der Waals surface area contributed by atoms with Crippen LogP contribution >= 0.6 is 11.6 Å². The van der Waals surface area contributed by atoms with E-state index in [9.17, 15) is 4.79 Å². The van der Waals surface area contributed by atoms with Gasteiger partial charge in [-0.1, -0.05) is 29.8 Å². The highest BCUT2D eigenvalue weighted by Crippen LogP contribution is 2.38. The molecule has 0 saturated carbocycles. The van der Waals surface area contributed by atoms with Gasteiger partial charge >= 0.3 is 0 Å². The number of hydrogen-bond acceptors (Lipinski definition) is 3. The van der Waals surface area contributed by atoms with E-state index in [-0.39, 0.29) is 0 Å². The van der Waals surface area contributed by atoms with Crippen LogP contribution in [0.5, 0.6) is 11.5 Å². The standard InChI is InChI=1S/C15H13ClO3/c1-18-14-5-3-4-12(15(14)19-2)10-6-7-13(16)11(8-10)9-17/h3-9H,1-2H3. The molecule has 2 aromatic rings. The Morgan fingerprint density at radius 3 is 2.53 bits per heavy atom. The molecule has 0 aliphatic heterocycles. The molecule has 0 aromatic heterocycles. The van der Waals surface area contributed by atoms with Gasteiger partial charge in [0.1, 0.15) is 0 Å². The molecule has 4 heteroatoms. The highest BCUT2D eigenvalue weighted by Gasteiger charge is 2.12. The molecule has 0 fully saturated rings. The van der Waals surface area contributed by atoms with Crippen molar-refractivity contribution in [1.82, 2.24) is 0 Å². The lowest BCUT2D eigenvalue weighted by atomic mass is 10.0. The van der Waals surface area contributed by atoms with E-state index in [1.54, 1.807) is 26.4 Å². The summed E-state index contributed by atoms with van der Waals surface area (Å²) < 4.78 is 10.6. The smallest absolute Gasteiger partial charge is 0.168 e. The van der Waals surface area contributed by atoms with E-state index < -0.39 is 0 Å². The molecule has 0 heterocycles. The lowest BCUT2D eigenvalue weighted by Gasteiger charge is -2.13. The molecule has 0 N–H and O–H groups in total. The Morgan fingerprint density at radius 2 is 1.89 bits per heavy atom. The Balaban J connectivity index is 2.61. The number of carbonyl (C=O) groups excluding carboxylic acids is 1. The van der Waals surface area contributed by atoms with E-state index in [0.717, 1.165) is 17.4 Å². The van der Waals surface area contributed by atoms with Crippen molar-refractivity contribution in [2.75, 3.05) is 14.2 Å². The highest BCUT2D eigenvalue weighted by molar-refractivity contribution is 6.33. The van der Waals surface area contributed by atoms with Crippen molar-refractivity contribution in [2.45, 2.75) is 0 Å². The molecule has 98 valence electrons. The summed E-state index contributed by atoms with van der Waals surface area (Å²) >= 11 is 5.93. The maximum atomic E-state index is 10.9. The third-order valence-corrected chi connectivity index (χ3v) is 3.18. The van der Waals surface area contributed by atoms with E-state index in [1.165, 1.54) is 0 Å². The molecule has 0 unspecified atom stereocenters. The van der Waals surface area contributed by atoms with Crippen LogP contribution in [0.1, 0.15) is 10.4 Å². The summed E-state index contributed by atoms with van der Waals surface area (Å²) in [5.74, 6) is 1.27. The van der Waals surface area contributed by atoms with Gasteiger partial charge in [0.15, 0.2) is 17.8 Å². The van der Waals surface area contributed by atoms with E-state index >= 15 is 0 Å². The van der Waals surface area contributed by atoms with Crippen molar-refractivity contribution < 1.29 is 14.3 Å². The molecular weight excluding hydrogens is 264 g/mol. The predicted molar refractivity (Wildman–Crippen MR) is 75.4 cm³/mol.